The first-order valence-electron chi connectivity index (χ1n) is 5.24. The summed E-state index contributed by atoms with van der Waals surface area (Å²) < 4.78 is 10.9. The highest BCUT2D eigenvalue weighted by Gasteiger charge is 1.99. The van der Waals surface area contributed by atoms with E-state index in [-0.39, 0.29) is 6.10 Å². The molecule has 88 valence electrons. The molecule has 1 aromatic carbocycles. The number of nitrogens with two attached hydrogens (primary N) is 1. The van der Waals surface area contributed by atoms with Crippen LogP contribution in [0, 0.1) is 0 Å². The van der Waals surface area contributed by atoms with E-state index in [9.17, 15) is 0 Å². The highest BCUT2D eigenvalue weighted by molar-refractivity contribution is 7.80. The first kappa shape index (κ1) is 12.9. The van der Waals surface area contributed by atoms with Gasteiger partial charge in [0.2, 0.25) is 0 Å². The van der Waals surface area contributed by atoms with Gasteiger partial charge in [0.1, 0.15) is 17.3 Å². The van der Waals surface area contributed by atoms with Gasteiger partial charge in [-0.2, -0.15) is 0 Å². The molecule has 0 fully saturated rings. The number of hydrogen-bond donors (Lipinski definition) is 1. The van der Waals surface area contributed by atoms with Crippen molar-refractivity contribution in [2.75, 3.05) is 13.2 Å². The molecule has 4 heteroatoms. The summed E-state index contributed by atoms with van der Waals surface area (Å²) in [6.07, 6.45) is 0.228. The largest absolute Gasteiger partial charge is 0.491 e. The van der Waals surface area contributed by atoms with Crippen LogP contribution in [0.5, 0.6) is 5.75 Å². The number of ether oxygens (including phenoxy) is 2. The van der Waals surface area contributed by atoms with Crippen LogP contribution in [-0.4, -0.2) is 24.3 Å². The molecule has 0 unspecified atom stereocenters. The van der Waals surface area contributed by atoms with E-state index >= 15 is 0 Å². The summed E-state index contributed by atoms with van der Waals surface area (Å²) in [5, 5.41) is 0. The monoisotopic (exact) mass is 239 g/mol. The van der Waals surface area contributed by atoms with Crippen molar-refractivity contribution in [3.63, 3.8) is 0 Å². The van der Waals surface area contributed by atoms with Crippen LogP contribution in [0.1, 0.15) is 19.4 Å². The standard InChI is InChI=1S/C12H17NO2S/c1-9(2)14-6-7-15-11-5-3-4-10(8-11)12(13)16/h3-5,8-9H,6-7H2,1-2H3,(H2,13,16). The predicted octanol–water partition coefficient (Wildman–Crippen LogP) is 2.12. The van der Waals surface area contributed by atoms with Crippen molar-refractivity contribution >= 4 is 17.2 Å². The topological polar surface area (TPSA) is 44.5 Å². The van der Waals surface area contributed by atoms with Crippen LogP contribution >= 0.6 is 12.2 Å². The summed E-state index contributed by atoms with van der Waals surface area (Å²) in [5.74, 6) is 0.762. The zero-order chi connectivity index (χ0) is 12.0. The van der Waals surface area contributed by atoms with Crippen molar-refractivity contribution in [3.05, 3.63) is 29.8 Å². The third-order valence-electron chi connectivity index (χ3n) is 1.92. The smallest absolute Gasteiger partial charge is 0.120 e. The maximum Gasteiger partial charge on any atom is 0.120 e. The summed E-state index contributed by atoms with van der Waals surface area (Å²) >= 11 is 4.89. The van der Waals surface area contributed by atoms with E-state index in [0.717, 1.165) is 11.3 Å². The molecule has 0 radical (unpaired) electrons. The molecule has 0 spiro atoms. The van der Waals surface area contributed by atoms with E-state index in [2.05, 4.69) is 0 Å². The van der Waals surface area contributed by atoms with Gasteiger partial charge in [-0.1, -0.05) is 24.4 Å². The first-order valence-corrected chi connectivity index (χ1v) is 5.64. The molecule has 0 aliphatic rings. The van der Waals surface area contributed by atoms with Gasteiger partial charge in [0.05, 0.1) is 12.7 Å². The van der Waals surface area contributed by atoms with Gasteiger partial charge in [-0.15, -0.1) is 0 Å². The molecule has 0 aliphatic heterocycles. The predicted molar refractivity (Wildman–Crippen MR) is 68.9 cm³/mol. The average molecular weight is 239 g/mol. The lowest BCUT2D eigenvalue weighted by atomic mass is 10.2. The molecule has 0 aliphatic carbocycles. The van der Waals surface area contributed by atoms with Crippen molar-refractivity contribution in [1.82, 2.24) is 0 Å². The van der Waals surface area contributed by atoms with E-state index in [4.69, 9.17) is 27.4 Å². The minimum absolute atomic E-state index is 0.228. The maximum atomic E-state index is 5.53. The van der Waals surface area contributed by atoms with E-state index in [1.165, 1.54) is 0 Å². The third kappa shape index (κ3) is 4.59. The Bertz CT molecular complexity index is 353. The minimum atomic E-state index is 0.228. The summed E-state index contributed by atoms with van der Waals surface area (Å²) in [6.45, 7) is 5.09. The van der Waals surface area contributed by atoms with Crippen molar-refractivity contribution in [1.29, 1.82) is 0 Å². The molecule has 0 aromatic heterocycles. The van der Waals surface area contributed by atoms with Gasteiger partial charge in [0, 0.05) is 5.56 Å². The van der Waals surface area contributed by atoms with Gasteiger partial charge in [-0.05, 0) is 26.0 Å². The molecule has 1 aromatic rings. The zero-order valence-corrected chi connectivity index (χ0v) is 10.4. The van der Waals surface area contributed by atoms with Gasteiger partial charge in [-0.3, -0.25) is 0 Å². The number of thiocarbonyl (C=S) groups is 1. The number of hydrogen-bond acceptors (Lipinski definition) is 3. The average Bonchev–Trinajstić information content (AvgIpc) is 2.24. The lowest BCUT2D eigenvalue weighted by Gasteiger charge is -2.09. The quantitative estimate of drug-likeness (QED) is 0.610. The van der Waals surface area contributed by atoms with Gasteiger partial charge < -0.3 is 15.2 Å². The third-order valence-corrected chi connectivity index (χ3v) is 2.16. The fourth-order valence-corrected chi connectivity index (χ4v) is 1.31. The Labute approximate surface area is 102 Å². The molecule has 3 nitrogen and oxygen atoms in total. The fourth-order valence-electron chi connectivity index (χ4n) is 1.18. The van der Waals surface area contributed by atoms with Crippen molar-refractivity contribution < 1.29 is 9.47 Å². The molecule has 2 N–H and O–H groups in total. The fraction of sp³-hybridized carbons (Fsp3) is 0.417. The summed E-state index contributed by atoms with van der Waals surface area (Å²) in [4.78, 5) is 0.379. The van der Waals surface area contributed by atoms with E-state index in [1.807, 2.05) is 38.1 Å². The normalized spacial score (nSPS) is 10.4. The Kier molecular flexibility index (Phi) is 5.22. The van der Waals surface area contributed by atoms with Gasteiger partial charge >= 0.3 is 0 Å². The minimum Gasteiger partial charge on any atom is -0.491 e. The highest BCUT2D eigenvalue weighted by Crippen LogP contribution is 2.13. The van der Waals surface area contributed by atoms with E-state index < -0.39 is 0 Å². The van der Waals surface area contributed by atoms with Crippen molar-refractivity contribution in [2.24, 2.45) is 5.73 Å². The van der Waals surface area contributed by atoms with Crippen LogP contribution in [0.3, 0.4) is 0 Å². The van der Waals surface area contributed by atoms with Crippen molar-refractivity contribution in [3.8, 4) is 5.75 Å². The Hall–Kier alpha value is -1.13. The first-order chi connectivity index (χ1) is 7.59. The van der Waals surface area contributed by atoms with Gasteiger partial charge in [0.15, 0.2) is 0 Å². The van der Waals surface area contributed by atoms with Gasteiger partial charge in [-0.25, -0.2) is 0 Å². The van der Waals surface area contributed by atoms with E-state index in [0.29, 0.717) is 18.2 Å². The van der Waals surface area contributed by atoms with Crippen LogP contribution in [0.2, 0.25) is 0 Å². The molecule has 1 rings (SSSR count). The van der Waals surface area contributed by atoms with Crippen LogP contribution in [-0.2, 0) is 4.74 Å². The molecule has 0 bridgehead atoms. The lowest BCUT2D eigenvalue weighted by Crippen LogP contribution is -2.12. The Morgan fingerprint density at radius 1 is 1.38 bits per heavy atom. The molecule has 0 amide bonds. The molecular formula is C12H17NO2S. The van der Waals surface area contributed by atoms with Crippen LogP contribution in [0.15, 0.2) is 24.3 Å². The molecule has 0 saturated heterocycles. The SMILES string of the molecule is CC(C)OCCOc1cccc(C(N)=S)c1. The van der Waals surface area contributed by atoms with Gasteiger partial charge in [0.25, 0.3) is 0 Å². The maximum absolute atomic E-state index is 5.53. The molecule has 0 saturated carbocycles. The zero-order valence-electron chi connectivity index (χ0n) is 9.60. The Balaban J connectivity index is 2.42. The molecule has 0 heterocycles. The molecular weight excluding hydrogens is 222 g/mol. The van der Waals surface area contributed by atoms with Crippen molar-refractivity contribution in [2.45, 2.75) is 20.0 Å². The molecule has 0 atom stereocenters. The second kappa shape index (κ2) is 6.45. The number of rotatable bonds is 6. The van der Waals surface area contributed by atoms with Crippen LogP contribution < -0.4 is 10.5 Å². The Morgan fingerprint density at radius 2 is 2.12 bits per heavy atom. The Morgan fingerprint density at radius 3 is 2.75 bits per heavy atom. The van der Waals surface area contributed by atoms with Crippen LogP contribution in [0.4, 0.5) is 0 Å². The van der Waals surface area contributed by atoms with E-state index in [1.54, 1.807) is 0 Å². The summed E-state index contributed by atoms with van der Waals surface area (Å²) in [6, 6.07) is 7.43. The number of benzene rings is 1. The van der Waals surface area contributed by atoms with Crippen LogP contribution in [0.25, 0.3) is 0 Å². The second-order valence-corrected chi connectivity index (χ2v) is 4.10. The summed E-state index contributed by atoms with van der Waals surface area (Å²) in [5.41, 5.74) is 6.35. The second-order valence-electron chi connectivity index (χ2n) is 3.66. The molecule has 16 heavy (non-hydrogen) atoms. The summed E-state index contributed by atoms with van der Waals surface area (Å²) in [7, 11) is 0. The lowest BCUT2D eigenvalue weighted by molar-refractivity contribution is 0.0552. The highest BCUT2D eigenvalue weighted by atomic mass is 32.1.